The van der Waals surface area contributed by atoms with E-state index in [9.17, 15) is 9.59 Å². The quantitative estimate of drug-likeness (QED) is 0.437. The maximum Gasteiger partial charge on any atom is 0.322 e. The molecule has 4 aromatic rings. The molecule has 162 valence electrons. The topological polar surface area (TPSA) is 67.4 Å². The molecule has 0 spiro atoms. The van der Waals surface area contributed by atoms with Gasteiger partial charge in [-0.3, -0.25) is 10.1 Å². The number of urea groups is 1. The van der Waals surface area contributed by atoms with Crippen LogP contribution in [0.2, 0.25) is 0 Å². The van der Waals surface area contributed by atoms with E-state index < -0.39 is 11.9 Å². The molecule has 0 unspecified atom stereocenters. The Morgan fingerprint density at radius 2 is 1.27 bits per heavy atom. The minimum absolute atomic E-state index is 0.302. The molecule has 0 aliphatic heterocycles. The van der Waals surface area contributed by atoms with Crippen molar-refractivity contribution < 1.29 is 14.3 Å². The van der Waals surface area contributed by atoms with Gasteiger partial charge in [0.1, 0.15) is 12.4 Å². The smallest absolute Gasteiger partial charge is 0.322 e. The van der Waals surface area contributed by atoms with Crippen molar-refractivity contribution in [3.05, 3.63) is 125 Å². The highest BCUT2D eigenvalue weighted by Crippen LogP contribution is 2.42. The van der Waals surface area contributed by atoms with E-state index in [4.69, 9.17) is 4.74 Å². The maximum atomic E-state index is 12.9. The number of hydrogen-bond acceptors (Lipinski definition) is 3. The highest BCUT2D eigenvalue weighted by molar-refractivity contribution is 6.06. The van der Waals surface area contributed by atoms with Crippen molar-refractivity contribution in [2.45, 2.75) is 12.6 Å². The monoisotopic (exact) mass is 434 g/mol. The van der Waals surface area contributed by atoms with Crippen molar-refractivity contribution in [1.82, 2.24) is 10.6 Å². The highest BCUT2D eigenvalue weighted by atomic mass is 16.5. The lowest BCUT2D eigenvalue weighted by molar-refractivity contribution is 0.0959. The average molecular weight is 434 g/mol. The zero-order chi connectivity index (χ0) is 22.6. The van der Waals surface area contributed by atoms with Gasteiger partial charge in [0.25, 0.3) is 5.91 Å². The number of ether oxygens (including phenoxy) is 1. The molecule has 1 aliphatic carbocycles. The molecule has 0 bridgehead atoms. The lowest BCUT2D eigenvalue weighted by Crippen LogP contribution is -2.41. The molecule has 0 radical (unpaired) electrons. The van der Waals surface area contributed by atoms with Crippen molar-refractivity contribution in [1.29, 1.82) is 0 Å². The molecule has 0 heterocycles. The number of nitrogens with one attached hydrogen (secondary N) is 2. The maximum absolute atomic E-state index is 12.9. The van der Waals surface area contributed by atoms with Crippen LogP contribution in [0, 0.1) is 0 Å². The molecule has 4 aromatic carbocycles. The predicted octanol–water partition coefficient (Wildman–Crippen LogP) is 5.48. The standard InChI is InChI=1S/C28H22N2O3/c31-27(24-16-8-9-17-25(24)33-18-19-10-2-1-3-11-19)30-28(32)29-26-22-14-6-4-12-20(22)21-13-5-7-15-23(21)26/h1-17,26H,18H2,(H2,29,30,31,32). The van der Waals surface area contributed by atoms with Crippen LogP contribution in [0.4, 0.5) is 4.79 Å². The first kappa shape index (κ1) is 20.5. The third-order valence-corrected chi connectivity index (χ3v) is 5.71. The van der Waals surface area contributed by atoms with Crippen molar-refractivity contribution in [2.75, 3.05) is 0 Å². The number of fused-ring (bicyclic) bond motifs is 3. The van der Waals surface area contributed by atoms with E-state index in [0.29, 0.717) is 17.9 Å². The van der Waals surface area contributed by atoms with Gasteiger partial charge in [-0.1, -0.05) is 91.0 Å². The van der Waals surface area contributed by atoms with Crippen LogP contribution in [0.1, 0.15) is 33.1 Å². The van der Waals surface area contributed by atoms with Gasteiger partial charge >= 0.3 is 6.03 Å². The number of amides is 3. The highest BCUT2D eigenvalue weighted by Gasteiger charge is 2.29. The van der Waals surface area contributed by atoms with E-state index in [0.717, 1.165) is 27.8 Å². The van der Waals surface area contributed by atoms with Gasteiger partial charge in [0.15, 0.2) is 0 Å². The van der Waals surface area contributed by atoms with Crippen molar-refractivity contribution in [2.24, 2.45) is 0 Å². The van der Waals surface area contributed by atoms with Crippen molar-refractivity contribution in [3.63, 3.8) is 0 Å². The SMILES string of the molecule is O=C(NC(=O)c1ccccc1OCc1ccccc1)NC1c2ccccc2-c2ccccc21. The fourth-order valence-electron chi connectivity index (χ4n) is 4.16. The van der Waals surface area contributed by atoms with Crippen LogP contribution in [0.3, 0.4) is 0 Å². The summed E-state index contributed by atoms with van der Waals surface area (Å²) < 4.78 is 5.86. The molecule has 1 aliphatic rings. The molecule has 0 fully saturated rings. The van der Waals surface area contributed by atoms with E-state index in [2.05, 4.69) is 10.6 Å². The summed E-state index contributed by atoms with van der Waals surface area (Å²) in [6.45, 7) is 0.326. The Kier molecular flexibility index (Phi) is 5.60. The molecule has 5 nitrogen and oxygen atoms in total. The van der Waals surface area contributed by atoms with Crippen LogP contribution in [-0.4, -0.2) is 11.9 Å². The van der Waals surface area contributed by atoms with Gasteiger partial charge in [-0.15, -0.1) is 0 Å². The van der Waals surface area contributed by atoms with Crippen molar-refractivity contribution in [3.8, 4) is 16.9 Å². The Labute approximate surface area is 192 Å². The number of carbonyl (C=O) groups is 2. The minimum atomic E-state index is -0.561. The molecular weight excluding hydrogens is 412 g/mol. The fraction of sp³-hybridized carbons (Fsp3) is 0.0714. The number of imide groups is 1. The Morgan fingerprint density at radius 1 is 0.697 bits per heavy atom. The van der Waals surface area contributed by atoms with E-state index in [-0.39, 0.29) is 6.04 Å². The molecule has 2 N–H and O–H groups in total. The Bertz CT molecular complexity index is 1270. The van der Waals surface area contributed by atoms with E-state index in [1.54, 1.807) is 24.3 Å². The number of carbonyl (C=O) groups excluding carboxylic acids is 2. The van der Waals surface area contributed by atoms with Gasteiger partial charge in [-0.25, -0.2) is 4.79 Å². The van der Waals surface area contributed by atoms with Gasteiger partial charge in [-0.05, 0) is 39.9 Å². The molecule has 5 heteroatoms. The molecule has 0 saturated heterocycles. The molecular formula is C28H22N2O3. The summed E-state index contributed by atoms with van der Waals surface area (Å²) in [7, 11) is 0. The Hall–Kier alpha value is -4.38. The lowest BCUT2D eigenvalue weighted by atomic mass is 10.1. The van der Waals surface area contributed by atoms with Gasteiger partial charge in [0, 0.05) is 0 Å². The first-order valence-corrected chi connectivity index (χ1v) is 10.8. The third-order valence-electron chi connectivity index (χ3n) is 5.71. The molecule has 33 heavy (non-hydrogen) atoms. The van der Waals surface area contributed by atoms with Crippen LogP contribution in [0.5, 0.6) is 5.75 Å². The first-order chi connectivity index (χ1) is 16.2. The van der Waals surface area contributed by atoms with Gasteiger partial charge in [0.05, 0.1) is 11.6 Å². The molecule has 5 rings (SSSR count). The Balaban J connectivity index is 1.30. The van der Waals surface area contributed by atoms with E-state index >= 15 is 0 Å². The number of hydrogen-bond donors (Lipinski definition) is 2. The number of benzene rings is 4. The van der Waals surface area contributed by atoms with Gasteiger partial charge in [0.2, 0.25) is 0 Å². The summed E-state index contributed by atoms with van der Waals surface area (Å²) in [5.74, 6) is -0.0982. The van der Waals surface area contributed by atoms with Crippen LogP contribution in [0.25, 0.3) is 11.1 Å². The van der Waals surface area contributed by atoms with Crippen LogP contribution >= 0.6 is 0 Å². The number of rotatable bonds is 5. The van der Waals surface area contributed by atoms with Gasteiger partial charge < -0.3 is 10.1 Å². The summed E-state index contributed by atoms with van der Waals surface area (Å²) >= 11 is 0. The van der Waals surface area contributed by atoms with Crippen molar-refractivity contribution >= 4 is 11.9 Å². The van der Waals surface area contributed by atoms with Crippen LogP contribution in [-0.2, 0) is 6.61 Å². The summed E-state index contributed by atoms with van der Waals surface area (Å²) in [6.07, 6.45) is 0. The molecule has 0 aromatic heterocycles. The summed E-state index contributed by atoms with van der Waals surface area (Å²) in [5, 5.41) is 5.41. The zero-order valence-electron chi connectivity index (χ0n) is 17.8. The third kappa shape index (κ3) is 4.21. The second-order valence-electron chi connectivity index (χ2n) is 7.81. The number of para-hydroxylation sites is 1. The second kappa shape index (κ2) is 9.01. The first-order valence-electron chi connectivity index (χ1n) is 10.8. The molecule has 0 saturated carbocycles. The fourth-order valence-corrected chi connectivity index (χ4v) is 4.16. The molecule has 0 atom stereocenters. The van der Waals surface area contributed by atoms with Crippen LogP contribution in [0.15, 0.2) is 103 Å². The normalized spacial score (nSPS) is 11.9. The predicted molar refractivity (Wildman–Crippen MR) is 127 cm³/mol. The van der Waals surface area contributed by atoms with E-state index in [1.807, 2.05) is 78.9 Å². The van der Waals surface area contributed by atoms with E-state index in [1.165, 1.54) is 0 Å². The summed E-state index contributed by atoms with van der Waals surface area (Å²) in [5.41, 5.74) is 5.48. The zero-order valence-corrected chi connectivity index (χ0v) is 17.8. The Morgan fingerprint density at radius 3 is 1.97 bits per heavy atom. The lowest BCUT2D eigenvalue weighted by Gasteiger charge is -2.17. The molecule has 3 amide bonds. The summed E-state index contributed by atoms with van der Waals surface area (Å²) in [4.78, 5) is 25.7. The van der Waals surface area contributed by atoms with Gasteiger partial charge in [-0.2, -0.15) is 0 Å². The largest absolute Gasteiger partial charge is 0.488 e. The van der Waals surface area contributed by atoms with Crippen LogP contribution < -0.4 is 15.4 Å². The average Bonchev–Trinajstić information content (AvgIpc) is 3.17. The summed E-state index contributed by atoms with van der Waals surface area (Å²) in [6, 6.07) is 31.6. The second-order valence-corrected chi connectivity index (χ2v) is 7.81. The minimum Gasteiger partial charge on any atom is -0.488 e.